The number of ether oxygens (including phenoxy) is 1. The van der Waals surface area contributed by atoms with Crippen LogP contribution in [0.15, 0.2) is 54.3 Å². The molecule has 1 aliphatic rings. The summed E-state index contributed by atoms with van der Waals surface area (Å²) in [4.78, 5) is 10.9. The van der Waals surface area contributed by atoms with Gasteiger partial charge in [-0.1, -0.05) is 0 Å². The number of anilines is 1. The van der Waals surface area contributed by atoms with Crippen LogP contribution in [-0.2, 0) is 4.74 Å². The summed E-state index contributed by atoms with van der Waals surface area (Å²) in [5.74, 6) is -1.66. The Bertz CT molecular complexity index is 1550. The Morgan fingerprint density at radius 1 is 1.00 bits per heavy atom. The van der Waals surface area contributed by atoms with Crippen molar-refractivity contribution < 1.29 is 18.6 Å². The van der Waals surface area contributed by atoms with Crippen molar-refractivity contribution in [3.05, 3.63) is 77.2 Å². The zero-order valence-electron chi connectivity index (χ0n) is 18.4. The molecule has 1 atom stereocenters. The molecule has 0 bridgehead atoms. The molecule has 176 valence electrons. The van der Waals surface area contributed by atoms with Gasteiger partial charge in [0.2, 0.25) is 0 Å². The van der Waals surface area contributed by atoms with E-state index in [1.54, 1.807) is 12.3 Å². The summed E-state index contributed by atoms with van der Waals surface area (Å²) in [5.41, 5.74) is 2.11. The predicted molar refractivity (Wildman–Crippen MR) is 129 cm³/mol. The first-order valence-corrected chi connectivity index (χ1v) is 11.9. The van der Waals surface area contributed by atoms with Crippen molar-refractivity contribution >= 4 is 38.0 Å². The van der Waals surface area contributed by atoms with Crippen molar-refractivity contribution in [1.82, 2.24) is 20.2 Å². The minimum Gasteiger partial charge on any atom is -0.382 e. The Morgan fingerprint density at radius 2 is 1.86 bits per heavy atom. The Balaban J connectivity index is 1.45. The molecule has 6 rings (SSSR count). The van der Waals surface area contributed by atoms with Gasteiger partial charge < -0.3 is 14.7 Å². The number of fused-ring (bicyclic) bond motifs is 2. The van der Waals surface area contributed by atoms with Crippen molar-refractivity contribution in [2.45, 2.75) is 6.10 Å². The van der Waals surface area contributed by atoms with Gasteiger partial charge in [-0.25, -0.2) is 18.7 Å². The molecule has 0 saturated carbocycles. The van der Waals surface area contributed by atoms with Crippen LogP contribution in [0.4, 0.5) is 14.5 Å². The van der Waals surface area contributed by atoms with Crippen LogP contribution in [0.3, 0.4) is 0 Å². The molecule has 1 fully saturated rings. The number of aromatic nitrogens is 4. The average Bonchev–Trinajstić information content (AvgIpc) is 3.38. The van der Waals surface area contributed by atoms with Crippen LogP contribution in [0.5, 0.6) is 0 Å². The lowest BCUT2D eigenvalue weighted by Gasteiger charge is -2.29. The van der Waals surface area contributed by atoms with Gasteiger partial charge >= 0.3 is 0 Å². The summed E-state index contributed by atoms with van der Waals surface area (Å²) in [7, 11) is 0. The zero-order valence-corrected chi connectivity index (χ0v) is 19.2. The smallest absolute Gasteiger partial charge is 0.135 e. The largest absolute Gasteiger partial charge is 0.382 e. The Hall–Kier alpha value is -3.60. The lowest BCUT2D eigenvalue weighted by atomic mass is 9.98. The molecule has 2 aromatic carbocycles. The Labute approximate surface area is 202 Å². The number of hydrogen-bond acceptors (Lipinski definition) is 8. The highest BCUT2D eigenvalue weighted by Gasteiger charge is 2.24. The molecule has 35 heavy (non-hydrogen) atoms. The first kappa shape index (κ1) is 21.9. The fourth-order valence-corrected chi connectivity index (χ4v) is 5.17. The van der Waals surface area contributed by atoms with Gasteiger partial charge in [0.1, 0.15) is 29.8 Å². The summed E-state index contributed by atoms with van der Waals surface area (Å²) in [5, 5.41) is 22.1. The summed E-state index contributed by atoms with van der Waals surface area (Å²) in [6, 6.07) is 9.55. The number of nitrogens with zero attached hydrogens (tertiary/aromatic N) is 5. The zero-order chi connectivity index (χ0) is 23.9. The van der Waals surface area contributed by atoms with Gasteiger partial charge in [0.25, 0.3) is 0 Å². The maximum Gasteiger partial charge on any atom is 0.135 e. The topological polar surface area (TPSA) is 84.3 Å². The van der Waals surface area contributed by atoms with E-state index in [4.69, 9.17) is 4.74 Å². The highest BCUT2D eigenvalue weighted by atomic mass is 32.1. The van der Waals surface area contributed by atoms with Crippen LogP contribution in [0, 0.1) is 11.6 Å². The van der Waals surface area contributed by atoms with E-state index in [9.17, 15) is 9.50 Å². The van der Waals surface area contributed by atoms with Crippen molar-refractivity contribution in [3.8, 4) is 11.3 Å². The number of aliphatic hydroxyl groups is 1. The third-order valence-electron chi connectivity index (χ3n) is 6.20. The maximum atomic E-state index is 15.1. The molecule has 0 radical (unpaired) electrons. The normalized spacial score (nSPS) is 15.1. The Kier molecular flexibility index (Phi) is 5.56. The second-order valence-electron chi connectivity index (χ2n) is 8.21. The van der Waals surface area contributed by atoms with E-state index in [-0.39, 0.29) is 16.8 Å². The molecule has 3 aromatic heterocycles. The van der Waals surface area contributed by atoms with E-state index in [0.29, 0.717) is 35.2 Å². The van der Waals surface area contributed by atoms with Crippen molar-refractivity contribution in [2.24, 2.45) is 0 Å². The van der Waals surface area contributed by atoms with Crippen molar-refractivity contribution in [3.63, 3.8) is 0 Å². The SMILES string of the molecule is OC(c1cc(-c2ncnc3cc(N4CCOCC4)ccc23)c(F)cc1F)c1nncc2sccc12. The van der Waals surface area contributed by atoms with Gasteiger partial charge in [0.15, 0.2) is 0 Å². The molecule has 0 amide bonds. The molecule has 1 saturated heterocycles. The summed E-state index contributed by atoms with van der Waals surface area (Å²) >= 11 is 1.44. The van der Waals surface area contributed by atoms with E-state index in [0.717, 1.165) is 29.5 Å². The van der Waals surface area contributed by atoms with E-state index in [1.807, 2.05) is 23.6 Å². The fourth-order valence-electron chi connectivity index (χ4n) is 4.41. The molecule has 5 aromatic rings. The number of morpholine rings is 1. The number of aliphatic hydroxyl groups excluding tert-OH is 1. The quantitative estimate of drug-likeness (QED) is 0.396. The van der Waals surface area contributed by atoms with Crippen LogP contribution in [0.25, 0.3) is 32.2 Å². The number of hydrogen-bond donors (Lipinski definition) is 1. The molecular formula is C25H19F2N5O2S. The van der Waals surface area contributed by atoms with E-state index < -0.39 is 17.7 Å². The van der Waals surface area contributed by atoms with E-state index in [2.05, 4.69) is 25.1 Å². The van der Waals surface area contributed by atoms with Crippen molar-refractivity contribution in [2.75, 3.05) is 31.2 Å². The number of benzene rings is 2. The van der Waals surface area contributed by atoms with Gasteiger partial charge in [-0.15, -0.1) is 11.3 Å². The summed E-state index contributed by atoms with van der Waals surface area (Å²) in [6.07, 6.45) is 1.51. The third-order valence-corrected chi connectivity index (χ3v) is 7.05. The fraction of sp³-hybridized carbons (Fsp3) is 0.200. The van der Waals surface area contributed by atoms with Gasteiger partial charge in [0, 0.05) is 46.7 Å². The highest BCUT2D eigenvalue weighted by Crippen LogP contribution is 2.36. The monoisotopic (exact) mass is 491 g/mol. The molecular weight excluding hydrogens is 472 g/mol. The first-order valence-electron chi connectivity index (χ1n) is 11.0. The lowest BCUT2D eigenvalue weighted by Crippen LogP contribution is -2.36. The molecule has 10 heteroatoms. The molecule has 1 unspecified atom stereocenters. The number of thiophene rings is 1. The summed E-state index contributed by atoms with van der Waals surface area (Å²) < 4.78 is 36.2. The maximum absolute atomic E-state index is 15.1. The second-order valence-corrected chi connectivity index (χ2v) is 9.16. The highest BCUT2D eigenvalue weighted by molar-refractivity contribution is 7.17. The van der Waals surface area contributed by atoms with Crippen LogP contribution < -0.4 is 4.90 Å². The molecule has 7 nitrogen and oxygen atoms in total. The minimum absolute atomic E-state index is 0.0671. The van der Waals surface area contributed by atoms with Crippen LogP contribution in [0.2, 0.25) is 0 Å². The molecule has 1 aliphatic heterocycles. The molecule has 0 aliphatic carbocycles. The van der Waals surface area contributed by atoms with Gasteiger partial charge in [-0.05, 0) is 35.7 Å². The lowest BCUT2D eigenvalue weighted by molar-refractivity contribution is 0.122. The number of halogens is 2. The third kappa shape index (κ3) is 3.89. The Morgan fingerprint density at radius 3 is 2.71 bits per heavy atom. The van der Waals surface area contributed by atoms with E-state index in [1.165, 1.54) is 23.7 Å². The van der Waals surface area contributed by atoms with E-state index >= 15 is 4.39 Å². The molecule has 0 spiro atoms. The van der Waals surface area contributed by atoms with Crippen LogP contribution in [0.1, 0.15) is 17.4 Å². The average molecular weight is 492 g/mol. The standard InChI is InChI=1S/C25H19F2N5O2S/c26-19-11-20(27)18(25(33)24-16-3-8-35-22(16)12-30-31-24)10-17(19)23-15-2-1-14(9-21(15)28-13-29-23)32-4-6-34-7-5-32/h1-3,8-13,25,33H,4-7H2. The van der Waals surface area contributed by atoms with Gasteiger partial charge in [-0.3, -0.25) is 0 Å². The predicted octanol–water partition coefficient (Wildman–Crippen LogP) is 4.50. The minimum atomic E-state index is -1.43. The summed E-state index contributed by atoms with van der Waals surface area (Å²) in [6.45, 7) is 2.86. The molecule has 1 N–H and O–H groups in total. The molecule has 4 heterocycles. The first-order chi connectivity index (χ1) is 17.1. The second kappa shape index (κ2) is 8.88. The number of rotatable bonds is 4. The van der Waals surface area contributed by atoms with Gasteiger partial charge in [0.05, 0.1) is 35.3 Å². The van der Waals surface area contributed by atoms with Crippen LogP contribution >= 0.6 is 11.3 Å². The van der Waals surface area contributed by atoms with Crippen LogP contribution in [-0.4, -0.2) is 51.6 Å². The van der Waals surface area contributed by atoms with Crippen molar-refractivity contribution in [1.29, 1.82) is 0 Å². The van der Waals surface area contributed by atoms with Gasteiger partial charge in [-0.2, -0.15) is 10.2 Å².